The number of nitrogens with zero attached hydrogens (tertiary/aromatic N) is 1. The molecule has 3 rings (SSSR count). The molecular formula is C26H27F3N2O4S. The van der Waals surface area contributed by atoms with E-state index >= 15 is 0 Å². The molecule has 0 saturated carbocycles. The number of halogens is 3. The molecule has 0 amide bonds. The number of nitrogens with one attached hydrogen (secondary N) is 1. The molecule has 3 N–H and O–H groups in total. The summed E-state index contributed by atoms with van der Waals surface area (Å²) < 4.78 is 45.7. The van der Waals surface area contributed by atoms with Crippen molar-refractivity contribution in [2.75, 3.05) is 6.61 Å². The molecule has 36 heavy (non-hydrogen) atoms. The largest absolute Gasteiger partial charge is 0.507 e. The highest BCUT2D eigenvalue weighted by Crippen LogP contribution is 2.40. The summed E-state index contributed by atoms with van der Waals surface area (Å²) in [6.07, 6.45) is -3.34. The highest BCUT2D eigenvalue weighted by atomic mass is 32.1. The van der Waals surface area contributed by atoms with Crippen LogP contribution < -0.4 is 4.74 Å². The van der Waals surface area contributed by atoms with E-state index in [1.54, 1.807) is 12.3 Å². The predicted molar refractivity (Wildman–Crippen MR) is 132 cm³/mol. The summed E-state index contributed by atoms with van der Waals surface area (Å²) in [6, 6.07) is 10.4. The number of rotatable bonds is 11. The number of aromatic hydroxyl groups is 1. The Labute approximate surface area is 210 Å². The van der Waals surface area contributed by atoms with E-state index in [0.717, 1.165) is 11.6 Å². The fraction of sp³-hybridized carbons (Fsp3) is 0.346. The molecule has 10 heteroatoms. The Bertz CT molecular complexity index is 1230. The highest BCUT2D eigenvalue weighted by Gasteiger charge is 2.38. The second-order valence-corrected chi connectivity index (χ2v) is 9.12. The first-order valence-electron chi connectivity index (χ1n) is 11.5. The van der Waals surface area contributed by atoms with Crippen LogP contribution in [0.4, 0.5) is 13.2 Å². The zero-order valence-electron chi connectivity index (χ0n) is 19.9. The number of ether oxygens (including phenoxy) is 1. The minimum atomic E-state index is -4.93. The number of aromatic nitrogens is 1. The monoisotopic (exact) mass is 520 g/mol. The molecule has 0 aliphatic heterocycles. The second kappa shape index (κ2) is 11.6. The number of carboxylic acids is 1. The van der Waals surface area contributed by atoms with Gasteiger partial charge in [-0.25, -0.2) is 4.98 Å². The number of aryl methyl sites for hydroxylation is 1. The molecule has 0 spiro atoms. The summed E-state index contributed by atoms with van der Waals surface area (Å²) in [5, 5.41) is 30.4. The number of carbonyl (C=O) groups is 1. The lowest BCUT2D eigenvalue weighted by molar-refractivity contribution is -0.139. The molecule has 0 fully saturated rings. The maximum atomic E-state index is 13.3. The van der Waals surface area contributed by atoms with Gasteiger partial charge in [0.15, 0.2) is 0 Å². The Morgan fingerprint density at radius 3 is 2.42 bits per heavy atom. The van der Waals surface area contributed by atoms with Crippen molar-refractivity contribution in [2.24, 2.45) is 0 Å². The molecular weight excluding hydrogens is 493 g/mol. The van der Waals surface area contributed by atoms with E-state index in [4.69, 9.17) is 10.1 Å². The molecule has 0 saturated heterocycles. The maximum absolute atomic E-state index is 13.3. The van der Waals surface area contributed by atoms with E-state index in [9.17, 15) is 28.2 Å². The number of phenolic OH excluding ortho intramolecular Hbond substituents is 1. The first-order valence-corrected chi connectivity index (χ1v) is 12.4. The van der Waals surface area contributed by atoms with Crippen LogP contribution in [-0.4, -0.2) is 39.7 Å². The maximum Gasteiger partial charge on any atom is 0.433 e. The quantitative estimate of drug-likeness (QED) is 0.247. The Kier molecular flexibility index (Phi) is 8.73. The number of aliphatic carboxylic acids is 1. The average molecular weight is 521 g/mol. The normalized spacial score (nSPS) is 12.4. The van der Waals surface area contributed by atoms with Crippen molar-refractivity contribution in [3.63, 3.8) is 0 Å². The molecule has 0 bridgehead atoms. The summed E-state index contributed by atoms with van der Waals surface area (Å²) in [4.78, 5) is 16.6. The third kappa shape index (κ3) is 6.04. The zero-order valence-corrected chi connectivity index (χ0v) is 20.7. The highest BCUT2D eigenvalue weighted by molar-refractivity contribution is 7.13. The lowest BCUT2D eigenvalue weighted by Gasteiger charge is -2.22. The molecule has 1 atom stereocenters. The van der Waals surface area contributed by atoms with Crippen LogP contribution in [0.15, 0.2) is 41.8 Å². The fourth-order valence-corrected chi connectivity index (χ4v) is 4.72. The molecule has 0 aliphatic rings. The van der Waals surface area contributed by atoms with Gasteiger partial charge in [0.05, 0.1) is 5.69 Å². The molecule has 2 aromatic carbocycles. The van der Waals surface area contributed by atoms with Gasteiger partial charge >= 0.3 is 12.1 Å². The van der Waals surface area contributed by atoms with Crippen molar-refractivity contribution in [1.29, 1.82) is 5.41 Å². The fourth-order valence-electron chi connectivity index (χ4n) is 3.84. The number of carboxylic acid groups (broad SMARTS) is 1. The lowest BCUT2D eigenvalue weighted by Crippen LogP contribution is -2.24. The van der Waals surface area contributed by atoms with Crippen molar-refractivity contribution >= 4 is 23.0 Å². The number of benzene rings is 2. The van der Waals surface area contributed by atoms with E-state index in [2.05, 4.69) is 4.98 Å². The topological polar surface area (TPSA) is 104 Å². The Balaban J connectivity index is 1.98. The van der Waals surface area contributed by atoms with Crippen molar-refractivity contribution in [3.05, 3.63) is 64.2 Å². The van der Waals surface area contributed by atoms with E-state index in [1.807, 2.05) is 37.3 Å². The van der Waals surface area contributed by atoms with Gasteiger partial charge in [0.1, 0.15) is 34.7 Å². The second-order valence-electron chi connectivity index (χ2n) is 8.26. The Hall–Kier alpha value is -3.40. The zero-order chi connectivity index (χ0) is 26.5. The average Bonchev–Trinajstić information content (AvgIpc) is 3.32. The van der Waals surface area contributed by atoms with Gasteiger partial charge in [0.2, 0.25) is 0 Å². The van der Waals surface area contributed by atoms with Crippen LogP contribution in [0.2, 0.25) is 0 Å². The number of hydrogen-bond acceptors (Lipinski definition) is 6. The lowest BCUT2D eigenvalue weighted by atomic mass is 9.94. The summed E-state index contributed by atoms with van der Waals surface area (Å²) in [6.45, 7) is 3.31. The van der Waals surface area contributed by atoms with Crippen molar-refractivity contribution in [3.8, 4) is 22.1 Å². The van der Waals surface area contributed by atoms with Crippen molar-refractivity contribution in [1.82, 2.24) is 4.98 Å². The third-order valence-corrected chi connectivity index (χ3v) is 6.50. The molecule has 1 unspecified atom stereocenters. The van der Waals surface area contributed by atoms with Gasteiger partial charge in [0.25, 0.3) is 0 Å². The molecule has 0 aliphatic carbocycles. The van der Waals surface area contributed by atoms with E-state index in [0.29, 0.717) is 35.5 Å². The smallest absolute Gasteiger partial charge is 0.433 e. The number of hydrogen-bond donors (Lipinski definition) is 3. The van der Waals surface area contributed by atoms with Gasteiger partial charge in [0, 0.05) is 22.1 Å². The van der Waals surface area contributed by atoms with Crippen LogP contribution in [0.1, 0.15) is 55.0 Å². The number of alkyl halides is 3. The van der Waals surface area contributed by atoms with Crippen LogP contribution in [0, 0.1) is 5.41 Å². The van der Waals surface area contributed by atoms with Gasteiger partial charge in [-0.15, -0.1) is 11.3 Å². The van der Waals surface area contributed by atoms with Crippen LogP contribution >= 0.6 is 11.3 Å². The minimum Gasteiger partial charge on any atom is -0.507 e. The summed E-state index contributed by atoms with van der Waals surface area (Å²) in [5.41, 5.74) is -0.568. The standard InChI is InChI=1S/C26H27F3N2O4S/c1-3-8-16-12-18(23(30)26(27,28)29)21(32)17(9-4-2)22(16)35-13-19(25(33)34)20-14-36-24(31-20)15-10-6-5-7-11-15/h5-7,10-12,14,19,30,32H,3-4,8-9,13H2,1-2H3,(H,33,34). The molecule has 1 heterocycles. The Morgan fingerprint density at radius 2 is 1.83 bits per heavy atom. The van der Waals surface area contributed by atoms with Gasteiger partial charge < -0.3 is 14.9 Å². The third-order valence-electron chi connectivity index (χ3n) is 5.59. The van der Waals surface area contributed by atoms with Gasteiger partial charge in [-0.2, -0.15) is 13.2 Å². The van der Waals surface area contributed by atoms with Gasteiger partial charge in [-0.05, 0) is 24.5 Å². The van der Waals surface area contributed by atoms with Crippen molar-refractivity contribution < 1.29 is 32.9 Å². The SMILES string of the molecule is CCCc1cc(C(=N)C(F)(F)F)c(O)c(CCC)c1OCC(C(=O)O)c1csc(-c2ccccc2)n1. The van der Waals surface area contributed by atoms with Crippen LogP contribution in [0.25, 0.3) is 10.6 Å². The van der Waals surface area contributed by atoms with E-state index in [-0.39, 0.29) is 24.3 Å². The van der Waals surface area contributed by atoms with E-state index < -0.39 is 35.1 Å². The minimum absolute atomic E-state index is 0.139. The molecule has 3 aromatic rings. The van der Waals surface area contributed by atoms with E-state index in [1.165, 1.54) is 11.3 Å². The molecule has 0 radical (unpaired) electrons. The van der Waals surface area contributed by atoms with Crippen molar-refractivity contribution in [2.45, 2.75) is 51.6 Å². The first-order chi connectivity index (χ1) is 17.1. The number of thiazole rings is 1. The first kappa shape index (κ1) is 27.2. The van der Waals surface area contributed by atoms with Crippen LogP contribution in [-0.2, 0) is 17.6 Å². The van der Waals surface area contributed by atoms with Gasteiger partial charge in [-0.1, -0.05) is 57.0 Å². The summed E-state index contributed by atoms with van der Waals surface area (Å²) in [5.74, 6) is -2.78. The Morgan fingerprint density at radius 1 is 1.17 bits per heavy atom. The molecule has 192 valence electrons. The summed E-state index contributed by atoms with van der Waals surface area (Å²) >= 11 is 1.30. The molecule has 1 aromatic heterocycles. The van der Waals surface area contributed by atoms with Gasteiger partial charge in [-0.3, -0.25) is 10.2 Å². The molecule has 6 nitrogen and oxygen atoms in total. The predicted octanol–water partition coefficient (Wildman–Crippen LogP) is 6.60. The van der Waals surface area contributed by atoms with Crippen LogP contribution in [0.3, 0.4) is 0 Å². The summed E-state index contributed by atoms with van der Waals surface area (Å²) in [7, 11) is 0. The number of phenols is 1. The van der Waals surface area contributed by atoms with Crippen LogP contribution in [0.5, 0.6) is 11.5 Å².